The van der Waals surface area contributed by atoms with Gasteiger partial charge in [-0.15, -0.1) is 0 Å². The maximum Gasteiger partial charge on any atom is 0.329 e. The summed E-state index contributed by atoms with van der Waals surface area (Å²) >= 11 is 0. The van der Waals surface area contributed by atoms with Gasteiger partial charge in [0.05, 0.1) is 18.5 Å². The Hall–Kier alpha value is -4.98. The number of hydrogen-bond acceptors (Lipinski definition) is 6. The molecule has 0 saturated carbocycles. The molecule has 0 fully saturated rings. The van der Waals surface area contributed by atoms with Gasteiger partial charge < -0.3 is 19.4 Å². The molecule has 0 saturated heterocycles. The number of hydrogen-bond donors (Lipinski definition) is 1. The molecule has 4 aromatic rings. The number of nitrogens with one attached hydrogen (secondary N) is 1. The molecule has 210 valence electrons. The lowest BCUT2D eigenvalue weighted by Crippen LogP contribution is -2.44. The van der Waals surface area contributed by atoms with Crippen LogP contribution < -0.4 is 5.32 Å². The minimum atomic E-state index is -1.25. The summed E-state index contributed by atoms with van der Waals surface area (Å²) in [6.07, 6.45) is -0.504. The Morgan fingerprint density at radius 2 is 1.34 bits per heavy atom. The first-order valence-electron chi connectivity index (χ1n) is 13.3. The molecule has 0 spiro atoms. The van der Waals surface area contributed by atoms with E-state index in [0.717, 1.165) is 16.7 Å². The molecule has 0 aliphatic heterocycles. The minimum absolute atomic E-state index is 0.00655. The van der Waals surface area contributed by atoms with Crippen LogP contribution in [0.2, 0.25) is 0 Å². The normalized spacial score (nSPS) is 11.4. The number of nitrogens with zero attached hydrogens (tertiary/aromatic N) is 1. The number of aromatic nitrogens is 1. The lowest BCUT2D eigenvalue weighted by atomic mass is 10.1. The van der Waals surface area contributed by atoms with Crippen LogP contribution in [-0.2, 0) is 50.5 Å². The van der Waals surface area contributed by atoms with Crippen molar-refractivity contribution in [2.24, 2.45) is 7.05 Å². The molecule has 1 atom stereocenters. The van der Waals surface area contributed by atoms with E-state index in [4.69, 9.17) is 9.47 Å². The van der Waals surface area contributed by atoms with Gasteiger partial charge in [0.2, 0.25) is 11.7 Å². The van der Waals surface area contributed by atoms with Gasteiger partial charge in [-0.3, -0.25) is 14.4 Å². The highest BCUT2D eigenvalue weighted by Gasteiger charge is 2.27. The third-order valence-electron chi connectivity index (χ3n) is 6.57. The van der Waals surface area contributed by atoms with Gasteiger partial charge in [-0.2, -0.15) is 0 Å². The molecule has 1 aromatic heterocycles. The van der Waals surface area contributed by atoms with Gasteiger partial charge in [-0.05, 0) is 30.2 Å². The molecular weight excluding hydrogens is 520 g/mol. The van der Waals surface area contributed by atoms with Gasteiger partial charge in [0.1, 0.15) is 19.3 Å². The topological polar surface area (TPSA) is 104 Å². The Balaban J connectivity index is 1.41. The van der Waals surface area contributed by atoms with E-state index in [9.17, 15) is 19.2 Å². The van der Waals surface area contributed by atoms with Gasteiger partial charge in [-0.1, -0.05) is 90.5 Å². The van der Waals surface area contributed by atoms with Crippen LogP contribution in [0.25, 0.3) is 0 Å². The summed E-state index contributed by atoms with van der Waals surface area (Å²) in [6.45, 7) is 1.98. The third kappa shape index (κ3) is 8.25. The number of carbonyl (C=O) groups is 4. The lowest BCUT2D eigenvalue weighted by molar-refractivity contribution is -0.155. The minimum Gasteiger partial charge on any atom is -0.461 e. The fraction of sp³-hybridized carbons (Fsp3) is 0.212. The summed E-state index contributed by atoms with van der Waals surface area (Å²) in [5.74, 6) is -2.07. The van der Waals surface area contributed by atoms with Crippen molar-refractivity contribution >= 4 is 23.6 Å². The average molecular weight is 553 g/mol. The molecule has 8 heteroatoms. The van der Waals surface area contributed by atoms with Gasteiger partial charge in [-0.25, -0.2) is 4.79 Å². The van der Waals surface area contributed by atoms with Crippen LogP contribution in [0.1, 0.15) is 44.9 Å². The van der Waals surface area contributed by atoms with Crippen molar-refractivity contribution in [3.05, 3.63) is 131 Å². The number of rotatable bonds is 12. The van der Waals surface area contributed by atoms with Gasteiger partial charge in [0.25, 0.3) is 0 Å². The van der Waals surface area contributed by atoms with E-state index in [1.807, 2.05) is 67.6 Å². The summed E-state index contributed by atoms with van der Waals surface area (Å²) in [6, 6.07) is 27.6. The standard InChI is InChI=1S/C33H32N2O6/c1-23-13-15-26(16-14-23)32(38)29-18-17-27(35(29)2)19-30(36)34-28(33(39)41-22-25-11-7-4-8-12-25)20-31(37)40-21-24-9-5-3-6-10-24/h3-18,28H,19-22H2,1-2H3,(H,34,36)/t28-/m0/s1. The Morgan fingerprint density at radius 1 is 0.756 bits per heavy atom. The Kier molecular flexibility index (Phi) is 9.83. The number of ketones is 1. The fourth-order valence-corrected chi connectivity index (χ4v) is 4.21. The maximum absolute atomic E-state index is 13.0. The number of carbonyl (C=O) groups excluding carboxylic acids is 4. The largest absolute Gasteiger partial charge is 0.461 e. The van der Waals surface area contributed by atoms with E-state index in [2.05, 4.69) is 5.32 Å². The molecule has 0 bridgehead atoms. The second-order valence-corrected chi connectivity index (χ2v) is 9.70. The maximum atomic E-state index is 13.0. The third-order valence-corrected chi connectivity index (χ3v) is 6.57. The molecule has 0 aliphatic carbocycles. The Bertz CT molecular complexity index is 1490. The molecule has 1 amide bonds. The first-order valence-corrected chi connectivity index (χ1v) is 13.3. The number of amides is 1. The van der Waals surface area contributed by atoms with Gasteiger partial charge in [0, 0.05) is 18.3 Å². The van der Waals surface area contributed by atoms with Crippen molar-refractivity contribution in [1.82, 2.24) is 9.88 Å². The van der Waals surface area contributed by atoms with E-state index in [1.165, 1.54) is 0 Å². The van der Waals surface area contributed by atoms with Crippen LogP contribution in [0, 0.1) is 6.92 Å². The average Bonchev–Trinajstić information content (AvgIpc) is 3.34. The molecule has 41 heavy (non-hydrogen) atoms. The zero-order chi connectivity index (χ0) is 29.2. The molecule has 3 aromatic carbocycles. The summed E-state index contributed by atoms with van der Waals surface area (Å²) in [5.41, 5.74) is 4.16. The molecule has 0 unspecified atom stereocenters. The lowest BCUT2D eigenvalue weighted by Gasteiger charge is -2.18. The van der Waals surface area contributed by atoms with Crippen LogP contribution in [-0.4, -0.2) is 34.2 Å². The van der Waals surface area contributed by atoms with E-state index in [0.29, 0.717) is 17.0 Å². The molecular formula is C33H32N2O6. The molecule has 0 aliphatic rings. The molecule has 8 nitrogen and oxygen atoms in total. The predicted molar refractivity (Wildman–Crippen MR) is 153 cm³/mol. The summed E-state index contributed by atoms with van der Waals surface area (Å²) in [4.78, 5) is 51.6. The Morgan fingerprint density at radius 3 is 1.95 bits per heavy atom. The number of esters is 2. The van der Waals surface area contributed by atoms with Crippen molar-refractivity contribution in [2.45, 2.75) is 39.0 Å². The highest BCUT2D eigenvalue weighted by molar-refractivity contribution is 6.08. The van der Waals surface area contributed by atoms with Crippen molar-refractivity contribution in [3.63, 3.8) is 0 Å². The highest BCUT2D eigenvalue weighted by atomic mass is 16.5. The summed E-state index contributed by atoms with van der Waals surface area (Å²) in [7, 11) is 1.70. The van der Waals surface area contributed by atoms with Crippen molar-refractivity contribution in [2.75, 3.05) is 0 Å². The van der Waals surface area contributed by atoms with Crippen LogP contribution in [0.4, 0.5) is 0 Å². The van der Waals surface area contributed by atoms with Crippen molar-refractivity contribution in [3.8, 4) is 0 Å². The van der Waals surface area contributed by atoms with Crippen LogP contribution in [0.3, 0.4) is 0 Å². The van der Waals surface area contributed by atoms with Gasteiger partial charge in [0.15, 0.2) is 0 Å². The number of ether oxygens (including phenoxy) is 2. The van der Waals surface area contributed by atoms with Crippen LogP contribution in [0.5, 0.6) is 0 Å². The smallest absolute Gasteiger partial charge is 0.329 e. The molecule has 1 heterocycles. The van der Waals surface area contributed by atoms with Crippen LogP contribution in [0.15, 0.2) is 97.1 Å². The first-order chi connectivity index (χ1) is 19.8. The monoisotopic (exact) mass is 552 g/mol. The second kappa shape index (κ2) is 13.9. The number of aryl methyl sites for hydroxylation is 1. The number of benzene rings is 3. The molecule has 0 radical (unpaired) electrons. The Labute approximate surface area is 238 Å². The highest BCUT2D eigenvalue weighted by Crippen LogP contribution is 2.15. The van der Waals surface area contributed by atoms with Crippen molar-refractivity contribution < 1.29 is 28.7 Å². The quantitative estimate of drug-likeness (QED) is 0.206. The van der Waals surface area contributed by atoms with E-state index < -0.39 is 30.3 Å². The molecule has 4 rings (SSSR count). The van der Waals surface area contributed by atoms with E-state index in [1.54, 1.807) is 48.0 Å². The van der Waals surface area contributed by atoms with Gasteiger partial charge >= 0.3 is 11.9 Å². The zero-order valence-corrected chi connectivity index (χ0v) is 23.0. The fourth-order valence-electron chi connectivity index (χ4n) is 4.21. The zero-order valence-electron chi connectivity index (χ0n) is 23.0. The van der Waals surface area contributed by atoms with E-state index >= 15 is 0 Å². The summed E-state index contributed by atoms with van der Waals surface area (Å²) < 4.78 is 12.4. The molecule has 1 N–H and O–H groups in total. The summed E-state index contributed by atoms with van der Waals surface area (Å²) in [5, 5.41) is 2.62. The van der Waals surface area contributed by atoms with Crippen LogP contribution >= 0.6 is 0 Å². The predicted octanol–water partition coefficient (Wildman–Crippen LogP) is 4.47. The van der Waals surface area contributed by atoms with E-state index in [-0.39, 0.29) is 25.4 Å². The first kappa shape index (κ1) is 29.0. The SMILES string of the molecule is Cc1ccc(C(=O)c2ccc(CC(=O)N[C@@H](CC(=O)OCc3ccccc3)C(=O)OCc3ccccc3)n2C)cc1. The van der Waals surface area contributed by atoms with Crippen molar-refractivity contribution in [1.29, 1.82) is 0 Å². The second-order valence-electron chi connectivity index (χ2n) is 9.70.